The standard InChI is InChI=1S/C20H20ClN3O2/c1-13-22-18(21)24-19(23-13)26-17-11-7-15(8-12-17)20(2,3)14-5-9-16(25-4)10-6-14/h5-12H,1-4H3. The van der Waals surface area contributed by atoms with E-state index in [1.165, 1.54) is 11.1 Å². The van der Waals surface area contributed by atoms with Crippen LogP contribution in [0.2, 0.25) is 5.28 Å². The van der Waals surface area contributed by atoms with Crippen molar-refractivity contribution >= 4 is 11.6 Å². The van der Waals surface area contributed by atoms with E-state index >= 15 is 0 Å². The highest BCUT2D eigenvalue weighted by Gasteiger charge is 2.23. The van der Waals surface area contributed by atoms with E-state index in [1.807, 2.05) is 36.4 Å². The summed E-state index contributed by atoms with van der Waals surface area (Å²) in [5.41, 5.74) is 2.21. The summed E-state index contributed by atoms with van der Waals surface area (Å²) in [6.07, 6.45) is 0. The van der Waals surface area contributed by atoms with E-state index in [-0.39, 0.29) is 16.7 Å². The number of methoxy groups -OCH3 is 1. The fourth-order valence-electron chi connectivity index (χ4n) is 2.69. The van der Waals surface area contributed by atoms with Gasteiger partial charge in [0.25, 0.3) is 0 Å². The average Bonchev–Trinajstić information content (AvgIpc) is 2.61. The summed E-state index contributed by atoms with van der Waals surface area (Å²) < 4.78 is 10.9. The van der Waals surface area contributed by atoms with Crippen molar-refractivity contribution in [3.63, 3.8) is 0 Å². The molecule has 0 amide bonds. The number of nitrogens with zero attached hydrogens (tertiary/aromatic N) is 3. The van der Waals surface area contributed by atoms with Crippen LogP contribution >= 0.6 is 11.6 Å². The van der Waals surface area contributed by atoms with E-state index < -0.39 is 0 Å². The quantitative estimate of drug-likeness (QED) is 0.636. The molecule has 0 N–H and O–H groups in total. The predicted octanol–water partition coefficient (Wildman–Crippen LogP) is 4.96. The second-order valence-electron chi connectivity index (χ2n) is 6.41. The summed E-state index contributed by atoms with van der Waals surface area (Å²) in [4.78, 5) is 12.0. The van der Waals surface area contributed by atoms with E-state index in [4.69, 9.17) is 21.1 Å². The first-order valence-electron chi connectivity index (χ1n) is 8.19. The molecular formula is C20H20ClN3O2. The number of halogens is 1. The smallest absolute Gasteiger partial charge is 0.326 e. The molecule has 3 aromatic rings. The zero-order valence-corrected chi connectivity index (χ0v) is 15.9. The molecule has 0 saturated carbocycles. The Bertz CT molecular complexity index is 874. The van der Waals surface area contributed by atoms with E-state index in [0.717, 1.165) is 5.75 Å². The Labute approximate surface area is 158 Å². The molecule has 0 saturated heterocycles. The van der Waals surface area contributed by atoms with Crippen LogP contribution in [0.3, 0.4) is 0 Å². The molecule has 0 bridgehead atoms. The zero-order chi connectivity index (χ0) is 18.7. The maximum atomic E-state index is 5.84. The zero-order valence-electron chi connectivity index (χ0n) is 15.2. The molecule has 0 aliphatic rings. The SMILES string of the molecule is COc1ccc(C(C)(C)c2ccc(Oc3nc(C)nc(Cl)n3)cc2)cc1. The summed E-state index contributed by atoms with van der Waals surface area (Å²) in [5.74, 6) is 2.00. The largest absolute Gasteiger partial charge is 0.497 e. The molecule has 26 heavy (non-hydrogen) atoms. The molecule has 3 rings (SSSR count). The van der Waals surface area contributed by atoms with E-state index in [0.29, 0.717) is 11.6 Å². The minimum atomic E-state index is -0.155. The van der Waals surface area contributed by atoms with Crippen LogP contribution in [-0.4, -0.2) is 22.1 Å². The van der Waals surface area contributed by atoms with Gasteiger partial charge in [0, 0.05) is 5.41 Å². The Morgan fingerprint density at radius 2 is 1.35 bits per heavy atom. The molecule has 0 spiro atoms. The molecule has 0 atom stereocenters. The van der Waals surface area contributed by atoms with Gasteiger partial charge in [-0.1, -0.05) is 38.1 Å². The van der Waals surface area contributed by atoms with Gasteiger partial charge in [0.2, 0.25) is 5.28 Å². The summed E-state index contributed by atoms with van der Waals surface area (Å²) in [6.45, 7) is 6.10. The number of benzene rings is 2. The van der Waals surface area contributed by atoms with Crippen molar-refractivity contribution in [3.8, 4) is 17.5 Å². The van der Waals surface area contributed by atoms with E-state index in [2.05, 4.69) is 40.9 Å². The third-order valence-electron chi connectivity index (χ3n) is 4.30. The normalized spacial score (nSPS) is 11.3. The van der Waals surface area contributed by atoms with E-state index in [1.54, 1.807) is 14.0 Å². The molecule has 2 aromatic carbocycles. The molecule has 0 unspecified atom stereocenters. The van der Waals surface area contributed by atoms with Gasteiger partial charge in [0.15, 0.2) is 0 Å². The number of aryl methyl sites for hydroxylation is 1. The Balaban J connectivity index is 1.81. The lowest BCUT2D eigenvalue weighted by atomic mass is 9.78. The molecule has 0 fully saturated rings. The van der Waals surface area contributed by atoms with Crippen LogP contribution in [-0.2, 0) is 5.41 Å². The van der Waals surface area contributed by atoms with Gasteiger partial charge < -0.3 is 9.47 Å². The third kappa shape index (κ3) is 3.94. The predicted molar refractivity (Wildman–Crippen MR) is 101 cm³/mol. The number of hydrogen-bond acceptors (Lipinski definition) is 5. The van der Waals surface area contributed by atoms with Crippen LogP contribution in [0, 0.1) is 6.92 Å². The summed E-state index contributed by atoms with van der Waals surface area (Å²) in [5, 5.41) is 0.116. The van der Waals surface area contributed by atoms with Crippen LogP contribution in [0.4, 0.5) is 0 Å². The maximum absolute atomic E-state index is 5.84. The third-order valence-corrected chi connectivity index (χ3v) is 4.47. The molecule has 0 radical (unpaired) electrons. The Morgan fingerprint density at radius 1 is 0.808 bits per heavy atom. The Kier molecular flexibility index (Phi) is 5.09. The molecule has 6 heteroatoms. The lowest BCUT2D eigenvalue weighted by Gasteiger charge is -2.26. The first-order valence-corrected chi connectivity index (χ1v) is 8.57. The van der Waals surface area contributed by atoms with Crippen LogP contribution in [0.1, 0.15) is 30.8 Å². The van der Waals surface area contributed by atoms with Gasteiger partial charge in [-0.25, -0.2) is 4.98 Å². The van der Waals surface area contributed by atoms with Crippen molar-refractivity contribution in [3.05, 3.63) is 70.8 Å². The lowest BCUT2D eigenvalue weighted by Crippen LogP contribution is -2.18. The van der Waals surface area contributed by atoms with Crippen molar-refractivity contribution in [1.29, 1.82) is 0 Å². The van der Waals surface area contributed by atoms with Gasteiger partial charge >= 0.3 is 6.01 Å². The number of ether oxygens (including phenoxy) is 2. The monoisotopic (exact) mass is 369 g/mol. The van der Waals surface area contributed by atoms with Gasteiger partial charge in [0.05, 0.1) is 7.11 Å². The highest BCUT2D eigenvalue weighted by molar-refractivity contribution is 6.28. The lowest BCUT2D eigenvalue weighted by molar-refractivity contribution is 0.414. The molecule has 1 heterocycles. The highest BCUT2D eigenvalue weighted by Crippen LogP contribution is 2.33. The minimum absolute atomic E-state index is 0.116. The van der Waals surface area contributed by atoms with Crippen LogP contribution in [0.25, 0.3) is 0 Å². The van der Waals surface area contributed by atoms with Crippen LogP contribution in [0.15, 0.2) is 48.5 Å². The van der Waals surface area contributed by atoms with Crippen molar-refractivity contribution in [1.82, 2.24) is 15.0 Å². The number of aromatic nitrogens is 3. The van der Waals surface area contributed by atoms with Crippen molar-refractivity contribution in [2.75, 3.05) is 7.11 Å². The fourth-order valence-corrected chi connectivity index (χ4v) is 2.89. The maximum Gasteiger partial charge on any atom is 0.326 e. The summed E-state index contributed by atoms with van der Waals surface area (Å²) in [7, 11) is 1.67. The molecule has 1 aromatic heterocycles. The van der Waals surface area contributed by atoms with Gasteiger partial charge in [-0.2, -0.15) is 9.97 Å². The molecule has 0 aliphatic carbocycles. The first-order chi connectivity index (χ1) is 12.4. The molecule has 134 valence electrons. The summed E-state index contributed by atoms with van der Waals surface area (Å²) in [6, 6.07) is 16.2. The number of hydrogen-bond donors (Lipinski definition) is 0. The second kappa shape index (κ2) is 7.30. The van der Waals surface area contributed by atoms with Crippen molar-refractivity contribution < 1.29 is 9.47 Å². The van der Waals surface area contributed by atoms with Crippen LogP contribution < -0.4 is 9.47 Å². The van der Waals surface area contributed by atoms with Crippen molar-refractivity contribution in [2.24, 2.45) is 0 Å². The van der Waals surface area contributed by atoms with E-state index in [9.17, 15) is 0 Å². The van der Waals surface area contributed by atoms with Gasteiger partial charge in [-0.15, -0.1) is 0 Å². The first kappa shape index (κ1) is 18.1. The molecule has 0 aliphatic heterocycles. The Hall–Kier alpha value is -2.66. The Morgan fingerprint density at radius 3 is 1.85 bits per heavy atom. The van der Waals surface area contributed by atoms with Gasteiger partial charge in [0.1, 0.15) is 17.3 Å². The molecule has 5 nitrogen and oxygen atoms in total. The van der Waals surface area contributed by atoms with Gasteiger partial charge in [-0.05, 0) is 53.9 Å². The highest BCUT2D eigenvalue weighted by atomic mass is 35.5. The van der Waals surface area contributed by atoms with Gasteiger partial charge in [-0.3, -0.25) is 0 Å². The average molecular weight is 370 g/mol. The topological polar surface area (TPSA) is 57.1 Å². The molecular weight excluding hydrogens is 350 g/mol. The number of rotatable bonds is 5. The fraction of sp³-hybridized carbons (Fsp3) is 0.250. The second-order valence-corrected chi connectivity index (χ2v) is 6.75. The van der Waals surface area contributed by atoms with Crippen molar-refractivity contribution in [2.45, 2.75) is 26.2 Å². The summed E-state index contributed by atoms with van der Waals surface area (Å²) >= 11 is 5.84. The van der Waals surface area contributed by atoms with Crippen LogP contribution in [0.5, 0.6) is 17.5 Å². The minimum Gasteiger partial charge on any atom is -0.497 e.